The summed E-state index contributed by atoms with van der Waals surface area (Å²) in [7, 11) is -4.03. The summed E-state index contributed by atoms with van der Waals surface area (Å²) in [6, 6.07) is 6.63. The average Bonchev–Trinajstić information content (AvgIpc) is 2.70. The molecule has 0 aliphatic carbocycles. The van der Waals surface area contributed by atoms with Crippen LogP contribution in [0.2, 0.25) is 15.1 Å². The van der Waals surface area contributed by atoms with Gasteiger partial charge in [-0.2, -0.15) is 17.5 Å². The number of sulfonamides is 1. The number of alkyl halides is 3. The molecule has 2 aromatic rings. The van der Waals surface area contributed by atoms with Crippen LogP contribution in [0, 0.1) is 5.92 Å². The minimum Gasteiger partial charge on any atom is -0.324 e. The van der Waals surface area contributed by atoms with Crippen LogP contribution in [0.3, 0.4) is 0 Å². The summed E-state index contributed by atoms with van der Waals surface area (Å²) >= 11 is 17.8. The molecule has 1 aliphatic heterocycles. The molecule has 168 valence electrons. The molecule has 12 heteroatoms. The fraction of sp³-hybridized carbons (Fsp3) is 0.316. The number of nitrogens with one attached hydrogen (secondary N) is 1. The summed E-state index contributed by atoms with van der Waals surface area (Å²) in [6.07, 6.45) is -3.86. The molecule has 0 radical (unpaired) electrons. The second-order valence-corrected chi connectivity index (χ2v) is 10.1. The SMILES string of the molecule is O=C(Nc1cc(C(F)(F)F)ccc1Cl)[C@H]1CCCN(S(=O)(=O)c2cc(Cl)ccc2Cl)C1. The standard InChI is InChI=1S/C19H16Cl3F3N2O3S/c20-13-4-6-15(22)17(9-13)31(29,30)27-7-1-2-11(10-27)18(28)26-16-8-12(19(23,24)25)3-5-14(16)21/h3-6,8-9,11H,1-2,7,10H2,(H,26,28)/t11-/m0/s1. The lowest BCUT2D eigenvalue weighted by Crippen LogP contribution is -2.43. The van der Waals surface area contributed by atoms with E-state index in [-0.39, 0.29) is 38.7 Å². The first kappa shape index (κ1) is 24.1. The molecule has 2 aromatic carbocycles. The van der Waals surface area contributed by atoms with Crippen molar-refractivity contribution in [1.82, 2.24) is 4.31 Å². The quantitative estimate of drug-likeness (QED) is 0.568. The predicted molar refractivity (Wildman–Crippen MR) is 113 cm³/mol. The first-order chi connectivity index (χ1) is 14.4. The van der Waals surface area contributed by atoms with Crippen LogP contribution in [0.1, 0.15) is 18.4 Å². The lowest BCUT2D eigenvalue weighted by atomic mass is 9.98. The molecule has 0 spiro atoms. The van der Waals surface area contributed by atoms with Crippen LogP contribution in [-0.4, -0.2) is 31.7 Å². The Bertz CT molecular complexity index is 1110. The van der Waals surface area contributed by atoms with Crippen molar-refractivity contribution in [2.45, 2.75) is 23.9 Å². The van der Waals surface area contributed by atoms with E-state index in [0.717, 1.165) is 22.5 Å². The van der Waals surface area contributed by atoms with E-state index in [0.29, 0.717) is 12.8 Å². The summed E-state index contributed by atoms with van der Waals surface area (Å²) in [5.41, 5.74) is -1.16. The van der Waals surface area contributed by atoms with Gasteiger partial charge in [-0.3, -0.25) is 4.79 Å². The molecular weight excluding hydrogens is 500 g/mol. The number of hydrogen-bond donors (Lipinski definition) is 1. The largest absolute Gasteiger partial charge is 0.416 e. The molecule has 31 heavy (non-hydrogen) atoms. The van der Waals surface area contributed by atoms with Gasteiger partial charge in [0.1, 0.15) is 4.90 Å². The van der Waals surface area contributed by atoms with Gasteiger partial charge in [-0.1, -0.05) is 34.8 Å². The first-order valence-electron chi connectivity index (χ1n) is 9.02. The van der Waals surface area contributed by atoms with E-state index >= 15 is 0 Å². The van der Waals surface area contributed by atoms with Crippen molar-refractivity contribution in [3.05, 3.63) is 57.0 Å². The van der Waals surface area contributed by atoms with Crippen LogP contribution in [0.15, 0.2) is 41.3 Å². The summed E-state index contributed by atoms with van der Waals surface area (Å²) in [6.45, 7) is 0.00681. The molecular formula is C19H16Cl3F3N2O3S. The fourth-order valence-corrected chi connectivity index (χ4v) is 5.65. The predicted octanol–water partition coefficient (Wildman–Crippen LogP) is 5.71. The summed E-state index contributed by atoms with van der Waals surface area (Å²) in [5.74, 6) is -1.41. The maximum absolute atomic E-state index is 13.0. The van der Waals surface area contributed by atoms with E-state index < -0.39 is 33.6 Å². The smallest absolute Gasteiger partial charge is 0.324 e. The molecule has 1 fully saturated rings. The number of halogens is 6. The summed E-state index contributed by atoms with van der Waals surface area (Å²) in [5, 5.41) is 2.50. The van der Waals surface area contributed by atoms with E-state index in [4.69, 9.17) is 34.8 Å². The van der Waals surface area contributed by atoms with Gasteiger partial charge in [0.2, 0.25) is 15.9 Å². The Hall–Kier alpha value is -1.52. The minimum absolute atomic E-state index is 0.00766. The Kier molecular flexibility index (Phi) is 7.12. The van der Waals surface area contributed by atoms with Gasteiger partial charge in [0.25, 0.3) is 0 Å². The zero-order valence-electron chi connectivity index (χ0n) is 15.7. The molecule has 0 saturated carbocycles. The first-order valence-corrected chi connectivity index (χ1v) is 11.6. The summed E-state index contributed by atoms with van der Waals surface area (Å²) in [4.78, 5) is 12.5. The third-order valence-electron chi connectivity index (χ3n) is 4.82. The average molecular weight is 516 g/mol. The van der Waals surface area contributed by atoms with Crippen molar-refractivity contribution < 1.29 is 26.4 Å². The molecule has 3 rings (SSSR count). The molecule has 1 N–H and O–H groups in total. The zero-order valence-corrected chi connectivity index (χ0v) is 18.8. The lowest BCUT2D eigenvalue weighted by Gasteiger charge is -2.31. The Morgan fingerprint density at radius 2 is 1.74 bits per heavy atom. The van der Waals surface area contributed by atoms with Crippen LogP contribution >= 0.6 is 34.8 Å². The Morgan fingerprint density at radius 3 is 2.42 bits per heavy atom. The number of anilines is 1. The Morgan fingerprint density at radius 1 is 1.06 bits per heavy atom. The van der Waals surface area contributed by atoms with Crippen LogP contribution in [-0.2, 0) is 21.0 Å². The highest BCUT2D eigenvalue weighted by atomic mass is 35.5. The third kappa shape index (κ3) is 5.46. The normalized spacial score (nSPS) is 18.1. The van der Waals surface area contributed by atoms with Gasteiger partial charge in [0, 0.05) is 18.1 Å². The minimum atomic E-state index is -4.60. The number of amides is 1. The number of rotatable bonds is 4. The molecule has 0 unspecified atom stereocenters. The van der Waals surface area contributed by atoms with Crippen molar-refractivity contribution in [3.63, 3.8) is 0 Å². The van der Waals surface area contributed by atoms with Gasteiger partial charge in [0.15, 0.2) is 0 Å². The van der Waals surface area contributed by atoms with Crippen LogP contribution < -0.4 is 5.32 Å². The highest BCUT2D eigenvalue weighted by Gasteiger charge is 2.35. The molecule has 1 amide bonds. The molecule has 1 aliphatic rings. The number of nitrogens with zero attached hydrogens (tertiary/aromatic N) is 1. The lowest BCUT2D eigenvalue weighted by molar-refractivity contribution is -0.137. The van der Waals surface area contributed by atoms with Gasteiger partial charge >= 0.3 is 6.18 Å². The highest BCUT2D eigenvalue weighted by Crippen LogP contribution is 2.35. The number of benzene rings is 2. The topological polar surface area (TPSA) is 66.5 Å². The zero-order chi connectivity index (χ0) is 23.0. The molecule has 0 aromatic heterocycles. The van der Waals surface area contributed by atoms with Crippen LogP contribution in [0.25, 0.3) is 0 Å². The molecule has 1 saturated heterocycles. The number of carbonyl (C=O) groups is 1. The molecule has 1 heterocycles. The Labute approximate surface area is 192 Å². The fourth-order valence-electron chi connectivity index (χ4n) is 3.22. The van der Waals surface area contributed by atoms with E-state index in [1.165, 1.54) is 18.2 Å². The van der Waals surface area contributed by atoms with Crippen LogP contribution in [0.4, 0.5) is 18.9 Å². The van der Waals surface area contributed by atoms with Crippen LogP contribution in [0.5, 0.6) is 0 Å². The van der Waals surface area contributed by atoms with E-state index in [2.05, 4.69) is 5.32 Å². The van der Waals surface area contributed by atoms with Gasteiger partial charge in [-0.15, -0.1) is 0 Å². The van der Waals surface area contributed by atoms with Crippen molar-refractivity contribution in [3.8, 4) is 0 Å². The highest BCUT2D eigenvalue weighted by molar-refractivity contribution is 7.89. The molecule has 5 nitrogen and oxygen atoms in total. The number of piperidine rings is 1. The monoisotopic (exact) mass is 514 g/mol. The van der Waals surface area contributed by atoms with Crippen molar-refractivity contribution in [2.75, 3.05) is 18.4 Å². The van der Waals surface area contributed by atoms with Gasteiger partial charge in [-0.05, 0) is 49.2 Å². The van der Waals surface area contributed by atoms with Gasteiger partial charge < -0.3 is 5.32 Å². The second kappa shape index (κ2) is 9.15. The van der Waals surface area contributed by atoms with Gasteiger partial charge in [0.05, 0.1) is 27.2 Å². The maximum Gasteiger partial charge on any atom is 0.416 e. The van der Waals surface area contributed by atoms with E-state index in [9.17, 15) is 26.4 Å². The van der Waals surface area contributed by atoms with Crippen molar-refractivity contribution in [1.29, 1.82) is 0 Å². The van der Waals surface area contributed by atoms with E-state index in [1.54, 1.807) is 0 Å². The molecule has 0 bridgehead atoms. The second-order valence-electron chi connectivity index (χ2n) is 6.96. The number of carbonyl (C=O) groups excluding carboxylic acids is 1. The van der Waals surface area contributed by atoms with E-state index in [1.807, 2.05) is 0 Å². The summed E-state index contributed by atoms with van der Waals surface area (Å²) < 4.78 is 66.0. The molecule has 1 atom stereocenters. The maximum atomic E-state index is 13.0. The number of hydrogen-bond acceptors (Lipinski definition) is 3. The van der Waals surface area contributed by atoms with Crippen molar-refractivity contribution >= 4 is 56.4 Å². The Balaban J connectivity index is 1.79. The van der Waals surface area contributed by atoms with Gasteiger partial charge in [-0.25, -0.2) is 8.42 Å². The van der Waals surface area contributed by atoms with Crippen molar-refractivity contribution in [2.24, 2.45) is 5.92 Å². The third-order valence-corrected chi connectivity index (χ3v) is 7.73.